The van der Waals surface area contributed by atoms with Gasteiger partial charge in [-0.05, 0) is 83.1 Å². The molecule has 15 nitrogen and oxygen atoms in total. The number of ether oxygens (including phenoxy) is 1. The Hall–Kier alpha value is -5.31. The van der Waals surface area contributed by atoms with Gasteiger partial charge < -0.3 is 19.9 Å². The van der Waals surface area contributed by atoms with Crippen LogP contribution < -0.4 is 20.5 Å². The van der Waals surface area contributed by atoms with Crippen LogP contribution in [0.2, 0.25) is 5.02 Å². The molecule has 0 radical (unpaired) electrons. The first kappa shape index (κ1) is 43.3. The molecule has 1 atom stereocenters. The van der Waals surface area contributed by atoms with Crippen LogP contribution in [0.3, 0.4) is 0 Å². The van der Waals surface area contributed by atoms with Crippen molar-refractivity contribution in [3.63, 3.8) is 0 Å². The molecule has 0 bridgehead atoms. The van der Waals surface area contributed by atoms with Crippen molar-refractivity contribution in [2.24, 2.45) is 7.05 Å². The Balaban J connectivity index is 1.23. The zero-order chi connectivity index (χ0) is 43.9. The average Bonchev–Trinajstić information content (AvgIpc) is 3.62. The van der Waals surface area contributed by atoms with E-state index in [1.807, 2.05) is 11.0 Å². The molecule has 8 rings (SSSR count). The van der Waals surface area contributed by atoms with E-state index < -0.39 is 39.2 Å². The second-order valence-corrected chi connectivity index (χ2v) is 18.1. The molecule has 0 unspecified atom stereocenters. The highest BCUT2D eigenvalue weighted by Crippen LogP contribution is 2.35. The van der Waals surface area contributed by atoms with Gasteiger partial charge in [0, 0.05) is 69.0 Å². The normalized spacial score (nSPS) is 15.6. The number of rotatable bonds is 11. The summed E-state index contributed by atoms with van der Waals surface area (Å²) in [6, 6.07) is 17.2. The van der Waals surface area contributed by atoms with Crippen LogP contribution in [-0.2, 0) is 33.0 Å². The molecule has 324 valence electrons. The molecule has 2 amide bonds. The van der Waals surface area contributed by atoms with E-state index in [1.54, 1.807) is 41.3 Å². The summed E-state index contributed by atoms with van der Waals surface area (Å²) in [6.45, 7) is 3.60. The molecule has 4 aromatic carbocycles. The standard InChI is InChI=1S/C42H41BrClF2N9O6S/c1-47-62(59,60)40-37-32(44)9-10-35(38(37)51(2)50-40)55-39(49-33-23-28(7-8-30(33)42(55)58)53-15-17-61-18-16-53)34(21-25-19-26(45)22-27(46)20-25)48-36(56)24-52-11-13-54(14-12-52)41(57)29-5-3-4-6-31(29)43/h3-10,19-20,22-23,34,47H,11-18,21,24H2,1-2H3,(H,48,56)/t34-/m0/s1. The van der Waals surface area contributed by atoms with Crippen molar-refractivity contribution in [3.05, 3.63) is 121 Å². The molecule has 2 aliphatic heterocycles. The van der Waals surface area contributed by atoms with Gasteiger partial charge in [0.1, 0.15) is 17.5 Å². The van der Waals surface area contributed by atoms with Crippen LogP contribution in [0.4, 0.5) is 14.5 Å². The lowest BCUT2D eigenvalue weighted by Gasteiger charge is -2.34. The maximum Gasteiger partial charge on any atom is 0.266 e. The van der Waals surface area contributed by atoms with Gasteiger partial charge in [0.05, 0.1) is 63.9 Å². The number of aromatic nitrogens is 4. The minimum atomic E-state index is -4.16. The number of hydrogen-bond acceptors (Lipinski definition) is 10. The molecule has 2 aliphatic rings. The smallest absolute Gasteiger partial charge is 0.266 e. The van der Waals surface area contributed by atoms with Crippen molar-refractivity contribution in [3.8, 4) is 5.69 Å². The third-order valence-corrected chi connectivity index (χ3v) is 13.4. The van der Waals surface area contributed by atoms with Gasteiger partial charge in [-0.15, -0.1) is 0 Å². The molecule has 20 heteroatoms. The summed E-state index contributed by atoms with van der Waals surface area (Å²) in [5.41, 5.74) is 1.50. The number of aryl methyl sites for hydroxylation is 1. The summed E-state index contributed by atoms with van der Waals surface area (Å²) in [6.07, 6.45) is -0.211. The quantitative estimate of drug-likeness (QED) is 0.188. The Morgan fingerprint density at radius 1 is 0.952 bits per heavy atom. The van der Waals surface area contributed by atoms with Crippen molar-refractivity contribution in [1.29, 1.82) is 0 Å². The lowest BCUT2D eigenvalue weighted by molar-refractivity contribution is -0.123. The monoisotopic (exact) mass is 951 g/mol. The predicted octanol–water partition coefficient (Wildman–Crippen LogP) is 4.57. The number of nitrogens with one attached hydrogen (secondary N) is 2. The lowest BCUT2D eigenvalue weighted by Crippen LogP contribution is -2.51. The van der Waals surface area contributed by atoms with Crippen molar-refractivity contribution in [2.75, 3.05) is 71.0 Å². The number of hydrogen-bond donors (Lipinski definition) is 2. The topological polar surface area (TPSA) is 164 Å². The van der Waals surface area contributed by atoms with Gasteiger partial charge in [0.2, 0.25) is 10.9 Å². The first-order chi connectivity index (χ1) is 29.7. The molecule has 4 heterocycles. The molecule has 2 N–H and O–H groups in total. The second-order valence-electron chi connectivity index (χ2n) is 15.0. The van der Waals surface area contributed by atoms with Crippen LogP contribution in [0.25, 0.3) is 27.5 Å². The number of anilines is 1. The minimum absolute atomic E-state index is 0.00801. The fraction of sp³-hybridized carbons (Fsp3) is 0.310. The molecule has 62 heavy (non-hydrogen) atoms. The van der Waals surface area contributed by atoms with Crippen LogP contribution in [0.15, 0.2) is 87.1 Å². The fourth-order valence-electron chi connectivity index (χ4n) is 7.99. The summed E-state index contributed by atoms with van der Waals surface area (Å²) in [4.78, 5) is 53.3. The number of carbonyl (C=O) groups excluding carboxylic acids is 2. The van der Waals surface area contributed by atoms with Gasteiger partial charge in [0.25, 0.3) is 21.5 Å². The van der Waals surface area contributed by atoms with Crippen molar-refractivity contribution in [2.45, 2.75) is 17.5 Å². The van der Waals surface area contributed by atoms with Gasteiger partial charge in [-0.1, -0.05) is 23.7 Å². The first-order valence-corrected chi connectivity index (χ1v) is 22.4. The summed E-state index contributed by atoms with van der Waals surface area (Å²) in [5, 5.41) is 7.21. The first-order valence-electron chi connectivity index (χ1n) is 19.7. The SMILES string of the molecule is CNS(=O)(=O)c1nn(C)c2c(-n3c([C@H](Cc4cc(F)cc(F)c4)NC(=O)CN4CCN(C(=O)c5ccccc5Br)CC4)nc4cc(N5CCOCC5)ccc4c3=O)ccc(Cl)c12. The number of piperazine rings is 1. The molecule has 2 saturated heterocycles. The molecular formula is C42H41BrClF2N9O6S. The second kappa shape index (κ2) is 17.8. The van der Waals surface area contributed by atoms with Crippen LogP contribution in [0, 0.1) is 11.6 Å². The van der Waals surface area contributed by atoms with E-state index in [-0.39, 0.29) is 67.8 Å². The lowest BCUT2D eigenvalue weighted by atomic mass is 10.0. The van der Waals surface area contributed by atoms with Gasteiger partial charge in [-0.2, -0.15) is 5.10 Å². The highest BCUT2D eigenvalue weighted by molar-refractivity contribution is 9.10. The van der Waals surface area contributed by atoms with Crippen LogP contribution in [0.1, 0.15) is 27.8 Å². The number of amides is 2. The summed E-state index contributed by atoms with van der Waals surface area (Å²) < 4.78 is 67.0. The van der Waals surface area contributed by atoms with Crippen molar-refractivity contribution < 1.29 is 31.5 Å². The zero-order valence-electron chi connectivity index (χ0n) is 33.6. The Kier molecular flexibility index (Phi) is 12.5. The van der Waals surface area contributed by atoms with E-state index in [9.17, 15) is 26.8 Å². The van der Waals surface area contributed by atoms with E-state index in [0.717, 1.165) is 23.9 Å². The van der Waals surface area contributed by atoms with E-state index in [2.05, 4.69) is 36.0 Å². The number of morpholine rings is 1. The molecule has 0 saturated carbocycles. The van der Waals surface area contributed by atoms with Gasteiger partial charge in [-0.25, -0.2) is 26.9 Å². The van der Waals surface area contributed by atoms with Crippen LogP contribution in [0.5, 0.6) is 0 Å². The minimum Gasteiger partial charge on any atom is -0.378 e. The third kappa shape index (κ3) is 8.69. The molecular weight excluding hydrogens is 912 g/mol. The molecule has 0 aliphatic carbocycles. The number of sulfonamides is 1. The average molecular weight is 953 g/mol. The fourth-order valence-corrected chi connectivity index (χ4v) is 9.64. The molecule has 2 fully saturated rings. The van der Waals surface area contributed by atoms with Gasteiger partial charge in [0.15, 0.2) is 0 Å². The van der Waals surface area contributed by atoms with Crippen molar-refractivity contribution in [1.82, 2.24) is 39.2 Å². The van der Waals surface area contributed by atoms with Crippen LogP contribution in [-0.4, -0.2) is 115 Å². The number of nitrogens with zero attached hydrogens (tertiary/aromatic N) is 7. The van der Waals surface area contributed by atoms with E-state index in [4.69, 9.17) is 21.3 Å². The third-order valence-electron chi connectivity index (χ3n) is 11.0. The number of halogens is 4. The number of carbonyl (C=O) groups is 2. The summed E-state index contributed by atoms with van der Waals surface area (Å²) >= 11 is 10.1. The largest absolute Gasteiger partial charge is 0.378 e. The summed E-state index contributed by atoms with van der Waals surface area (Å²) in [5.74, 6) is -2.31. The van der Waals surface area contributed by atoms with E-state index >= 15 is 4.79 Å². The Morgan fingerprint density at radius 2 is 1.66 bits per heavy atom. The Morgan fingerprint density at radius 3 is 2.35 bits per heavy atom. The van der Waals surface area contributed by atoms with Crippen molar-refractivity contribution >= 4 is 76.9 Å². The van der Waals surface area contributed by atoms with E-state index in [0.29, 0.717) is 62.5 Å². The highest BCUT2D eigenvalue weighted by Gasteiger charge is 2.31. The maximum absolute atomic E-state index is 15.0. The van der Waals surface area contributed by atoms with Crippen LogP contribution >= 0.6 is 27.5 Å². The highest BCUT2D eigenvalue weighted by atomic mass is 79.9. The van der Waals surface area contributed by atoms with Gasteiger partial charge in [-0.3, -0.25) is 28.5 Å². The molecule has 0 spiro atoms. The Labute approximate surface area is 368 Å². The number of fused-ring (bicyclic) bond motifs is 2. The molecule has 2 aromatic heterocycles. The molecule has 6 aromatic rings. The predicted molar refractivity (Wildman–Crippen MR) is 233 cm³/mol. The maximum atomic E-state index is 15.0. The van der Waals surface area contributed by atoms with Gasteiger partial charge >= 0.3 is 0 Å². The Bertz CT molecular complexity index is 2880. The number of benzene rings is 4. The zero-order valence-corrected chi connectivity index (χ0v) is 36.7. The van der Waals surface area contributed by atoms with E-state index in [1.165, 1.54) is 35.5 Å². The summed E-state index contributed by atoms with van der Waals surface area (Å²) in [7, 11) is -1.41.